The molecule has 0 radical (unpaired) electrons. The quantitative estimate of drug-likeness (QED) is 0.383. The van der Waals surface area contributed by atoms with Gasteiger partial charge in [-0.15, -0.1) is 0 Å². The fourth-order valence-corrected chi connectivity index (χ4v) is 2.71. The monoisotopic (exact) mass is 414 g/mol. The lowest BCUT2D eigenvalue weighted by Crippen LogP contribution is -2.02. The Morgan fingerprint density at radius 1 is 1.04 bits per heavy atom. The normalized spacial score (nSPS) is 10.8. The summed E-state index contributed by atoms with van der Waals surface area (Å²) >= 11 is 11.9. The van der Waals surface area contributed by atoms with E-state index < -0.39 is 5.97 Å². The van der Waals surface area contributed by atoms with Crippen LogP contribution in [-0.2, 0) is 6.61 Å². The summed E-state index contributed by atoms with van der Waals surface area (Å²) in [5, 5.41) is 14.2. The second kappa shape index (κ2) is 9.26. The molecule has 0 aliphatic carbocycles. The van der Waals surface area contributed by atoms with Gasteiger partial charge in [-0.3, -0.25) is 5.43 Å². The summed E-state index contributed by atoms with van der Waals surface area (Å²) in [7, 11) is 0. The lowest BCUT2D eigenvalue weighted by Gasteiger charge is -2.07. The molecular formula is C21H16Cl2N2O3. The Morgan fingerprint density at radius 3 is 2.50 bits per heavy atom. The summed E-state index contributed by atoms with van der Waals surface area (Å²) in [5.74, 6) is -0.311. The van der Waals surface area contributed by atoms with Gasteiger partial charge in [0.2, 0.25) is 0 Å². The standard InChI is InChI=1S/C21H16Cl2N2O3/c22-18-10-7-15(11-19(18)23)13-28-16-8-5-14(6-9-16)12-24-25-20-4-2-1-3-17(20)21(26)27/h1-12,25H,13H2,(H,26,27)/b24-12+. The Labute approximate surface area is 172 Å². The van der Waals surface area contributed by atoms with Crippen LogP contribution in [0.3, 0.4) is 0 Å². The maximum Gasteiger partial charge on any atom is 0.337 e. The molecule has 7 heteroatoms. The molecule has 0 heterocycles. The van der Waals surface area contributed by atoms with Gasteiger partial charge in [0.25, 0.3) is 0 Å². The molecule has 0 amide bonds. The summed E-state index contributed by atoms with van der Waals surface area (Å²) in [4.78, 5) is 11.2. The first-order chi connectivity index (χ1) is 13.5. The maximum atomic E-state index is 11.2. The van der Waals surface area contributed by atoms with E-state index in [0.29, 0.717) is 28.1 Å². The minimum atomic E-state index is -1.01. The molecule has 0 spiro atoms. The number of carboxylic acid groups (broad SMARTS) is 1. The average molecular weight is 415 g/mol. The molecule has 0 aliphatic rings. The molecule has 3 aromatic rings. The zero-order valence-electron chi connectivity index (χ0n) is 14.6. The number of aromatic carboxylic acids is 1. The molecule has 3 rings (SSSR count). The second-order valence-electron chi connectivity index (χ2n) is 5.83. The topological polar surface area (TPSA) is 70.9 Å². The molecule has 0 atom stereocenters. The molecule has 0 bridgehead atoms. The third kappa shape index (κ3) is 5.25. The van der Waals surface area contributed by atoms with Gasteiger partial charge in [-0.1, -0.05) is 41.4 Å². The zero-order chi connectivity index (χ0) is 19.9. The number of nitrogens with one attached hydrogen (secondary N) is 1. The molecule has 5 nitrogen and oxygen atoms in total. The molecule has 28 heavy (non-hydrogen) atoms. The Morgan fingerprint density at radius 2 is 1.79 bits per heavy atom. The van der Waals surface area contributed by atoms with Crippen LogP contribution in [0.5, 0.6) is 5.75 Å². The highest BCUT2D eigenvalue weighted by atomic mass is 35.5. The first-order valence-corrected chi connectivity index (χ1v) is 9.07. The van der Waals surface area contributed by atoms with E-state index in [1.165, 1.54) is 6.07 Å². The van der Waals surface area contributed by atoms with Crippen LogP contribution in [0.25, 0.3) is 0 Å². The van der Waals surface area contributed by atoms with Gasteiger partial charge in [0.05, 0.1) is 27.5 Å². The van der Waals surface area contributed by atoms with Gasteiger partial charge in [-0.05, 0) is 59.7 Å². The molecular weight excluding hydrogens is 399 g/mol. The van der Waals surface area contributed by atoms with Crippen molar-refractivity contribution in [1.82, 2.24) is 0 Å². The predicted octanol–water partition coefficient (Wildman–Crippen LogP) is 5.72. The molecule has 0 unspecified atom stereocenters. The second-order valence-corrected chi connectivity index (χ2v) is 6.64. The van der Waals surface area contributed by atoms with E-state index in [9.17, 15) is 4.79 Å². The number of benzene rings is 3. The first kappa shape index (κ1) is 19.7. The van der Waals surface area contributed by atoms with Crippen molar-refractivity contribution in [2.75, 3.05) is 5.43 Å². The van der Waals surface area contributed by atoms with E-state index in [2.05, 4.69) is 10.5 Å². The van der Waals surface area contributed by atoms with Gasteiger partial charge >= 0.3 is 5.97 Å². The number of nitrogens with zero attached hydrogens (tertiary/aromatic N) is 1. The van der Waals surface area contributed by atoms with Crippen LogP contribution in [-0.4, -0.2) is 17.3 Å². The van der Waals surface area contributed by atoms with Crippen LogP contribution in [0, 0.1) is 0 Å². The summed E-state index contributed by atoms with van der Waals surface area (Å²) in [6, 6.07) is 19.3. The van der Waals surface area contributed by atoms with Crippen molar-refractivity contribution >= 4 is 41.1 Å². The highest BCUT2D eigenvalue weighted by Crippen LogP contribution is 2.23. The van der Waals surface area contributed by atoms with Crippen molar-refractivity contribution in [3.8, 4) is 5.75 Å². The SMILES string of the molecule is O=C(O)c1ccccc1N/N=C/c1ccc(OCc2ccc(Cl)c(Cl)c2)cc1. The van der Waals surface area contributed by atoms with Crippen LogP contribution < -0.4 is 10.2 Å². The third-order valence-corrected chi connectivity index (χ3v) is 4.56. The summed E-state index contributed by atoms with van der Waals surface area (Å²) in [6.07, 6.45) is 1.60. The Kier molecular flexibility index (Phi) is 6.53. The van der Waals surface area contributed by atoms with E-state index >= 15 is 0 Å². The van der Waals surface area contributed by atoms with Crippen LogP contribution in [0.15, 0.2) is 71.8 Å². The van der Waals surface area contributed by atoms with Gasteiger partial charge in [0, 0.05) is 0 Å². The summed E-state index contributed by atoms with van der Waals surface area (Å²) in [6.45, 7) is 0.373. The predicted molar refractivity (Wildman–Crippen MR) is 112 cm³/mol. The smallest absolute Gasteiger partial charge is 0.337 e. The number of ether oxygens (including phenoxy) is 1. The molecule has 3 aromatic carbocycles. The maximum absolute atomic E-state index is 11.2. The van der Waals surface area contributed by atoms with Crippen LogP contribution in [0.2, 0.25) is 10.0 Å². The molecule has 0 saturated heterocycles. The minimum Gasteiger partial charge on any atom is -0.489 e. The molecule has 142 valence electrons. The van der Waals surface area contributed by atoms with Crippen LogP contribution in [0.4, 0.5) is 5.69 Å². The van der Waals surface area contributed by atoms with Gasteiger partial charge in [0.1, 0.15) is 12.4 Å². The molecule has 0 aromatic heterocycles. The largest absolute Gasteiger partial charge is 0.489 e. The average Bonchev–Trinajstić information content (AvgIpc) is 2.70. The molecule has 0 fully saturated rings. The minimum absolute atomic E-state index is 0.158. The summed E-state index contributed by atoms with van der Waals surface area (Å²) in [5.41, 5.74) is 5.08. The first-order valence-electron chi connectivity index (χ1n) is 8.31. The van der Waals surface area contributed by atoms with E-state index in [1.807, 2.05) is 30.3 Å². The van der Waals surface area contributed by atoms with Crippen LogP contribution in [0.1, 0.15) is 21.5 Å². The van der Waals surface area contributed by atoms with Gasteiger partial charge in [-0.25, -0.2) is 4.79 Å². The van der Waals surface area contributed by atoms with Crippen molar-refractivity contribution in [3.05, 3.63) is 93.5 Å². The van der Waals surface area contributed by atoms with Gasteiger partial charge < -0.3 is 9.84 Å². The number of carbonyl (C=O) groups is 1. The van der Waals surface area contributed by atoms with E-state index in [4.69, 9.17) is 33.0 Å². The fraction of sp³-hybridized carbons (Fsp3) is 0.0476. The van der Waals surface area contributed by atoms with Crippen molar-refractivity contribution in [3.63, 3.8) is 0 Å². The Hall–Kier alpha value is -3.02. The number of hydrogen-bond acceptors (Lipinski definition) is 4. The number of rotatable bonds is 7. The van der Waals surface area contributed by atoms with Gasteiger partial charge in [0.15, 0.2) is 0 Å². The van der Waals surface area contributed by atoms with Crippen molar-refractivity contribution in [2.24, 2.45) is 5.10 Å². The third-order valence-electron chi connectivity index (χ3n) is 3.83. The van der Waals surface area contributed by atoms with Crippen LogP contribution >= 0.6 is 23.2 Å². The van der Waals surface area contributed by atoms with Crippen molar-refractivity contribution in [1.29, 1.82) is 0 Å². The number of hydrogen-bond donors (Lipinski definition) is 2. The van der Waals surface area contributed by atoms with E-state index in [-0.39, 0.29) is 5.56 Å². The Balaban J connectivity index is 1.57. The number of para-hydroxylation sites is 1. The molecule has 2 N–H and O–H groups in total. The molecule has 0 saturated carbocycles. The van der Waals surface area contributed by atoms with Crippen molar-refractivity contribution in [2.45, 2.75) is 6.61 Å². The number of anilines is 1. The fourth-order valence-electron chi connectivity index (χ4n) is 2.39. The van der Waals surface area contributed by atoms with E-state index in [1.54, 1.807) is 36.5 Å². The molecule has 0 aliphatic heterocycles. The highest BCUT2D eigenvalue weighted by Gasteiger charge is 2.07. The number of halogens is 2. The number of carboxylic acids is 1. The van der Waals surface area contributed by atoms with E-state index in [0.717, 1.165) is 11.1 Å². The Bertz CT molecular complexity index is 1000. The number of hydrazone groups is 1. The van der Waals surface area contributed by atoms with Crippen molar-refractivity contribution < 1.29 is 14.6 Å². The van der Waals surface area contributed by atoms with Gasteiger partial charge in [-0.2, -0.15) is 5.10 Å². The zero-order valence-corrected chi connectivity index (χ0v) is 16.1. The lowest BCUT2D eigenvalue weighted by atomic mass is 10.2. The lowest BCUT2D eigenvalue weighted by molar-refractivity contribution is 0.0698. The highest BCUT2D eigenvalue weighted by molar-refractivity contribution is 6.42. The summed E-state index contributed by atoms with van der Waals surface area (Å²) < 4.78 is 5.73.